The average molecular weight is 308 g/mol. The standard InChI is InChI=1S/C18H20N4O/c1-22-16(13-6-2-3-8-15(13)21-22)11-20-18(23)14-7-4-5-12-9-10-19-17(12)14/h4-5,7,9-10,19H,2-3,6,8,11H2,1H3,(H,20,23). The van der Waals surface area contributed by atoms with Gasteiger partial charge in [0.1, 0.15) is 0 Å². The number of nitrogens with one attached hydrogen (secondary N) is 2. The third-order valence-corrected chi connectivity index (χ3v) is 4.70. The topological polar surface area (TPSA) is 62.7 Å². The second-order valence-corrected chi connectivity index (χ2v) is 6.13. The number of para-hydroxylation sites is 1. The van der Waals surface area contributed by atoms with Crippen molar-refractivity contribution in [3.05, 3.63) is 53.0 Å². The molecule has 0 fully saturated rings. The summed E-state index contributed by atoms with van der Waals surface area (Å²) in [6.45, 7) is 0.523. The lowest BCUT2D eigenvalue weighted by Crippen LogP contribution is -2.25. The van der Waals surface area contributed by atoms with E-state index in [0.717, 1.165) is 29.4 Å². The van der Waals surface area contributed by atoms with Crippen LogP contribution < -0.4 is 5.32 Å². The lowest BCUT2D eigenvalue weighted by molar-refractivity contribution is 0.0951. The second-order valence-electron chi connectivity index (χ2n) is 6.13. The molecule has 1 aliphatic carbocycles. The zero-order valence-electron chi connectivity index (χ0n) is 13.2. The highest BCUT2D eigenvalue weighted by Gasteiger charge is 2.20. The molecule has 5 nitrogen and oxygen atoms in total. The van der Waals surface area contributed by atoms with Crippen molar-refractivity contribution in [2.45, 2.75) is 32.2 Å². The largest absolute Gasteiger partial charge is 0.361 e. The van der Waals surface area contributed by atoms with Crippen molar-refractivity contribution in [3.8, 4) is 0 Å². The molecule has 0 aliphatic heterocycles. The van der Waals surface area contributed by atoms with Crippen molar-refractivity contribution in [2.75, 3.05) is 0 Å². The van der Waals surface area contributed by atoms with Gasteiger partial charge >= 0.3 is 0 Å². The van der Waals surface area contributed by atoms with E-state index in [9.17, 15) is 4.79 Å². The van der Waals surface area contributed by atoms with E-state index in [4.69, 9.17) is 0 Å². The van der Waals surface area contributed by atoms with Crippen LogP contribution in [-0.4, -0.2) is 20.7 Å². The number of aryl methyl sites for hydroxylation is 2. The molecule has 3 aromatic rings. The first kappa shape index (κ1) is 14.1. The van der Waals surface area contributed by atoms with Crippen LogP contribution in [0.3, 0.4) is 0 Å². The summed E-state index contributed by atoms with van der Waals surface area (Å²) in [7, 11) is 1.96. The SMILES string of the molecule is Cn1nc2c(c1CNC(=O)c1cccc3cc[nH]c13)CCCC2. The third-order valence-electron chi connectivity index (χ3n) is 4.70. The van der Waals surface area contributed by atoms with Gasteiger partial charge in [0.2, 0.25) is 0 Å². The average Bonchev–Trinajstić information content (AvgIpc) is 3.16. The van der Waals surface area contributed by atoms with E-state index in [-0.39, 0.29) is 5.91 Å². The van der Waals surface area contributed by atoms with Crippen molar-refractivity contribution in [2.24, 2.45) is 7.05 Å². The lowest BCUT2D eigenvalue weighted by Gasteiger charge is -2.12. The van der Waals surface area contributed by atoms with Crippen molar-refractivity contribution >= 4 is 16.8 Å². The Morgan fingerprint density at radius 1 is 1.30 bits per heavy atom. The molecular formula is C18H20N4O. The minimum Gasteiger partial charge on any atom is -0.361 e. The molecular weight excluding hydrogens is 288 g/mol. The van der Waals surface area contributed by atoms with Gasteiger partial charge in [-0.15, -0.1) is 0 Å². The highest BCUT2D eigenvalue weighted by atomic mass is 16.1. The molecule has 23 heavy (non-hydrogen) atoms. The summed E-state index contributed by atoms with van der Waals surface area (Å²) in [6.07, 6.45) is 6.41. The number of hydrogen-bond donors (Lipinski definition) is 2. The van der Waals surface area contributed by atoms with Crippen LogP contribution in [0.2, 0.25) is 0 Å². The van der Waals surface area contributed by atoms with Crippen LogP contribution in [-0.2, 0) is 26.4 Å². The highest BCUT2D eigenvalue weighted by Crippen LogP contribution is 2.23. The van der Waals surface area contributed by atoms with Crippen LogP contribution in [0.25, 0.3) is 10.9 Å². The number of rotatable bonds is 3. The fraction of sp³-hybridized carbons (Fsp3) is 0.333. The van der Waals surface area contributed by atoms with E-state index in [2.05, 4.69) is 15.4 Å². The molecule has 2 heterocycles. The van der Waals surface area contributed by atoms with Crippen molar-refractivity contribution in [3.63, 3.8) is 0 Å². The molecule has 118 valence electrons. The monoisotopic (exact) mass is 308 g/mol. The molecule has 0 radical (unpaired) electrons. The summed E-state index contributed by atoms with van der Waals surface area (Å²) in [5, 5.41) is 8.71. The number of H-pyrrole nitrogens is 1. The molecule has 1 aromatic carbocycles. The first-order valence-electron chi connectivity index (χ1n) is 8.12. The number of fused-ring (bicyclic) bond motifs is 2. The number of carbonyl (C=O) groups excluding carboxylic acids is 1. The first-order chi connectivity index (χ1) is 11.2. The van der Waals surface area contributed by atoms with Crippen molar-refractivity contribution in [1.29, 1.82) is 0 Å². The van der Waals surface area contributed by atoms with Gasteiger partial charge in [0.15, 0.2) is 0 Å². The lowest BCUT2D eigenvalue weighted by atomic mass is 9.96. The Balaban J connectivity index is 1.56. The first-order valence-corrected chi connectivity index (χ1v) is 8.12. The normalized spacial score (nSPS) is 14.0. The maximum absolute atomic E-state index is 12.6. The van der Waals surface area contributed by atoms with Gasteiger partial charge in [-0.3, -0.25) is 9.48 Å². The molecule has 2 aromatic heterocycles. The second kappa shape index (κ2) is 5.57. The van der Waals surface area contributed by atoms with Gasteiger partial charge < -0.3 is 10.3 Å². The van der Waals surface area contributed by atoms with Crippen LogP contribution in [0.5, 0.6) is 0 Å². The maximum Gasteiger partial charge on any atom is 0.253 e. The van der Waals surface area contributed by atoms with Crippen LogP contribution in [0.1, 0.15) is 40.2 Å². The Labute approximate surface area is 134 Å². The molecule has 1 aliphatic rings. The van der Waals surface area contributed by atoms with Crippen LogP contribution in [0.15, 0.2) is 30.5 Å². The molecule has 2 N–H and O–H groups in total. The molecule has 0 saturated carbocycles. The van der Waals surface area contributed by atoms with Crippen LogP contribution in [0, 0.1) is 0 Å². The highest BCUT2D eigenvalue weighted by molar-refractivity contribution is 6.05. The van der Waals surface area contributed by atoms with E-state index >= 15 is 0 Å². The molecule has 0 bridgehead atoms. The number of hydrogen-bond acceptors (Lipinski definition) is 2. The number of aromatic nitrogens is 3. The Morgan fingerprint density at radius 2 is 2.17 bits per heavy atom. The van der Waals surface area contributed by atoms with Crippen molar-refractivity contribution < 1.29 is 4.79 Å². The fourth-order valence-corrected chi connectivity index (χ4v) is 3.50. The molecule has 0 saturated heterocycles. The Morgan fingerprint density at radius 3 is 3.09 bits per heavy atom. The minimum atomic E-state index is -0.0520. The number of carbonyl (C=O) groups is 1. The van der Waals surface area contributed by atoms with Crippen molar-refractivity contribution in [1.82, 2.24) is 20.1 Å². The molecule has 4 rings (SSSR count). The van der Waals surface area contributed by atoms with E-state index in [1.165, 1.54) is 24.1 Å². The zero-order chi connectivity index (χ0) is 15.8. The van der Waals surface area contributed by atoms with E-state index in [0.29, 0.717) is 12.1 Å². The smallest absolute Gasteiger partial charge is 0.253 e. The predicted octanol–water partition coefficient (Wildman–Crippen LogP) is 2.71. The summed E-state index contributed by atoms with van der Waals surface area (Å²) in [6, 6.07) is 7.74. The third kappa shape index (κ3) is 2.42. The number of benzene rings is 1. The number of amides is 1. The number of nitrogens with zero attached hydrogens (tertiary/aromatic N) is 2. The molecule has 0 atom stereocenters. The summed E-state index contributed by atoms with van der Waals surface area (Å²) in [4.78, 5) is 15.7. The molecule has 0 spiro atoms. The van der Waals surface area contributed by atoms with Crippen LogP contribution >= 0.6 is 0 Å². The Kier molecular flexibility index (Phi) is 3.41. The van der Waals surface area contributed by atoms with Gasteiger partial charge in [-0.25, -0.2) is 0 Å². The maximum atomic E-state index is 12.6. The van der Waals surface area contributed by atoms with Gasteiger partial charge in [0.25, 0.3) is 5.91 Å². The Bertz CT molecular complexity index is 874. The van der Waals surface area contributed by atoms with E-state index in [1.807, 2.05) is 42.2 Å². The van der Waals surface area contributed by atoms with E-state index in [1.54, 1.807) is 0 Å². The number of aromatic amines is 1. The van der Waals surface area contributed by atoms with Gasteiger partial charge in [-0.2, -0.15) is 5.10 Å². The van der Waals surface area contributed by atoms with Gasteiger partial charge in [-0.05, 0) is 43.4 Å². The van der Waals surface area contributed by atoms with Gasteiger partial charge in [-0.1, -0.05) is 12.1 Å². The summed E-state index contributed by atoms with van der Waals surface area (Å²) in [5.74, 6) is -0.0520. The van der Waals surface area contributed by atoms with Gasteiger partial charge in [0.05, 0.1) is 29.0 Å². The summed E-state index contributed by atoms with van der Waals surface area (Å²) in [5.41, 5.74) is 5.24. The zero-order valence-corrected chi connectivity index (χ0v) is 13.2. The summed E-state index contributed by atoms with van der Waals surface area (Å²) < 4.78 is 1.92. The quantitative estimate of drug-likeness (QED) is 0.781. The van der Waals surface area contributed by atoms with Gasteiger partial charge in [0, 0.05) is 18.6 Å². The Hall–Kier alpha value is -2.56. The molecule has 5 heteroatoms. The molecule has 1 amide bonds. The predicted molar refractivity (Wildman–Crippen MR) is 89.3 cm³/mol. The molecule has 0 unspecified atom stereocenters. The summed E-state index contributed by atoms with van der Waals surface area (Å²) >= 11 is 0. The fourth-order valence-electron chi connectivity index (χ4n) is 3.50. The van der Waals surface area contributed by atoms with Crippen LogP contribution in [0.4, 0.5) is 0 Å². The minimum absolute atomic E-state index is 0.0520. The van der Waals surface area contributed by atoms with E-state index < -0.39 is 0 Å².